The van der Waals surface area contributed by atoms with Crippen LogP contribution in [-0.4, -0.2) is 70.4 Å². The van der Waals surface area contributed by atoms with Gasteiger partial charge in [0, 0.05) is 44.9 Å². The van der Waals surface area contributed by atoms with Crippen molar-refractivity contribution in [2.75, 3.05) is 33.8 Å². The number of aryl methyl sites for hydroxylation is 2. The van der Waals surface area contributed by atoms with Gasteiger partial charge in [0.05, 0.1) is 11.3 Å². The van der Waals surface area contributed by atoms with Crippen LogP contribution < -0.4 is 0 Å². The molecule has 1 N–H and O–H groups in total. The van der Waals surface area contributed by atoms with Crippen molar-refractivity contribution >= 4 is 5.91 Å². The number of likely N-dealkylation sites (N-methyl/N-ethyl adjacent to an activating group) is 1. The Morgan fingerprint density at radius 3 is 2.63 bits per heavy atom. The lowest BCUT2D eigenvalue weighted by atomic mass is 10.0. The number of carbonyl (C=O) groups excluding carboxylic acids is 1. The lowest BCUT2D eigenvalue weighted by molar-refractivity contribution is 0.0778. The molecule has 0 aromatic carbocycles. The molecule has 1 fully saturated rings. The van der Waals surface area contributed by atoms with Crippen LogP contribution in [0.4, 0.5) is 0 Å². The summed E-state index contributed by atoms with van der Waals surface area (Å²) in [6.07, 6.45) is 1.76. The van der Waals surface area contributed by atoms with Crippen molar-refractivity contribution in [3.05, 3.63) is 17.5 Å². The monoisotopic (exact) mass is 266 g/mol. The number of aliphatic hydroxyl groups is 1. The first-order valence-corrected chi connectivity index (χ1v) is 6.50. The van der Waals surface area contributed by atoms with Crippen LogP contribution in [0.2, 0.25) is 0 Å². The lowest BCUT2D eigenvalue weighted by Gasteiger charge is -2.23. The Morgan fingerprint density at radius 2 is 2.21 bits per heavy atom. The van der Waals surface area contributed by atoms with E-state index < -0.39 is 0 Å². The second kappa shape index (κ2) is 5.30. The molecular formula is C13H22N4O2. The Balaban J connectivity index is 2.15. The molecule has 1 aliphatic heterocycles. The molecule has 1 aromatic rings. The van der Waals surface area contributed by atoms with Crippen LogP contribution in [0.1, 0.15) is 16.1 Å². The standard InChI is InChI=1S/C13H22N4O2/c1-9-11(6-16(4)14-9)13(19)17-5-10(8-18)12(7-17)15(2)3/h6,10,12,18H,5,7-8H2,1-4H3/t10-,12+/m0/s1. The summed E-state index contributed by atoms with van der Waals surface area (Å²) in [5, 5.41) is 13.6. The van der Waals surface area contributed by atoms with E-state index in [0.717, 1.165) is 5.69 Å². The number of rotatable bonds is 3. The topological polar surface area (TPSA) is 61.6 Å². The van der Waals surface area contributed by atoms with Gasteiger partial charge in [-0.3, -0.25) is 9.48 Å². The number of hydrogen-bond acceptors (Lipinski definition) is 4. The first-order valence-electron chi connectivity index (χ1n) is 6.50. The second-order valence-electron chi connectivity index (χ2n) is 5.49. The predicted molar refractivity (Wildman–Crippen MR) is 71.9 cm³/mol. The third-order valence-electron chi connectivity index (χ3n) is 3.84. The maximum Gasteiger partial charge on any atom is 0.257 e. The molecule has 2 rings (SSSR count). The molecule has 0 aliphatic carbocycles. The summed E-state index contributed by atoms with van der Waals surface area (Å²) in [5.74, 6) is 0.129. The van der Waals surface area contributed by atoms with Gasteiger partial charge in [-0.1, -0.05) is 0 Å². The van der Waals surface area contributed by atoms with Crippen LogP contribution in [0.5, 0.6) is 0 Å². The molecule has 0 radical (unpaired) electrons. The molecule has 106 valence electrons. The summed E-state index contributed by atoms with van der Waals surface area (Å²) in [7, 11) is 5.78. The summed E-state index contributed by atoms with van der Waals surface area (Å²) in [5.41, 5.74) is 1.40. The van der Waals surface area contributed by atoms with Crippen LogP contribution in [-0.2, 0) is 7.05 Å². The average molecular weight is 266 g/mol. The first kappa shape index (κ1) is 14.0. The van der Waals surface area contributed by atoms with Crippen LogP contribution in [0, 0.1) is 12.8 Å². The van der Waals surface area contributed by atoms with E-state index in [4.69, 9.17) is 0 Å². The van der Waals surface area contributed by atoms with E-state index in [-0.39, 0.29) is 24.5 Å². The normalized spacial score (nSPS) is 23.4. The highest BCUT2D eigenvalue weighted by atomic mass is 16.3. The van der Waals surface area contributed by atoms with E-state index in [2.05, 4.69) is 10.00 Å². The zero-order valence-electron chi connectivity index (χ0n) is 12.0. The second-order valence-corrected chi connectivity index (χ2v) is 5.49. The van der Waals surface area contributed by atoms with E-state index >= 15 is 0 Å². The highest BCUT2D eigenvalue weighted by Gasteiger charge is 2.36. The Kier molecular flexibility index (Phi) is 3.91. The summed E-state index contributed by atoms with van der Waals surface area (Å²) < 4.78 is 1.66. The van der Waals surface area contributed by atoms with Crippen LogP contribution in [0.15, 0.2) is 6.20 Å². The number of aromatic nitrogens is 2. The Morgan fingerprint density at radius 1 is 1.53 bits per heavy atom. The van der Waals surface area contributed by atoms with Crippen molar-refractivity contribution in [3.63, 3.8) is 0 Å². The van der Waals surface area contributed by atoms with Gasteiger partial charge in [0.15, 0.2) is 0 Å². The lowest BCUT2D eigenvalue weighted by Crippen LogP contribution is -2.37. The fourth-order valence-electron chi connectivity index (χ4n) is 2.76. The number of likely N-dealkylation sites (tertiary alicyclic amines) is 1. The summed E-state index contributed by atoms with van der Waals surface area (Å²) in [6.45, 7) is 3.22. The molecule has 1 aromatic heterocycles. The molecule has 2 heterocycles. The number of aliphatic hydroxyl groups excluding tert-OH is 1. The molecule has 0 saturated carbocycles. The Hall–Kier alpha value is -1.40. The minimum atomic E-state index is 0.00778. The maximum absolute atomic E-state index is 12.5. The fourth-order valence-corrected chi connectivity index (χ4v) is 2.76. The fraction of sp³-hybridized carbons (Fsp3) is 0.692. The van der Waals surface area contributed by atoms with E-state index in [1.807, 2.05) is 33.0 Å². The zero-order valence-corrected chi connectivity index (χ0v) is 12.0. The van der Waals surface area contributed by atoms with Gasteiger partial charge >= 0.3 is 0 Å². The summed E-state index contributed by atoms with van der Waals surface area (Å²) in [6, 6.07) is 0.214. The third kappa shape index (κ3) is 2.64. The highest BCUT2D eigenvalue weighted by molar-refractivity contribution is 5.95. The molecule has 1 aliphatic rings. The third-order valence-corrected chi connectivity index (χ3v) is 3.84. The first-order chi connectivity index (χ1) is 8.93. The highest BCUT2D eigenvalue weighted by Crippen LogP contribution is 2.22. The van der Waals surface area contributed by atoms with E-state index in [0.29, 0.717) is 18.7 Å². The van der Waals surface area contributed by atoms with Crippen molar-refractivity contribution in [2.45, 2.75) is 13.0 Å². The quantitative estimate of drug-likeness (QED) is 0.817. The SMILES string of the molecule is Cc1nn(C)cc1C(=O)N1C[C@@H](CO)[C@H](N(C)C)C1. The van der Waals surface area contributed by atoms with Crippen molar-refractivity contribution in [1.82, 2.24) is 19.6 Å². The minimum absolute atomic E-state index is 0.00778. The van der Waals surface area contributed by atoms with E-state index in [1.165, 1.54) is 0 Å². The summed E-state index contributed by atoms with van der Waals surface area (Å²) >= 11 is 0. The predicted octanol–water partition coefficient (Wildman–Crippen LogP) is -0.277. The average Bonchev–Trinajstić information content (AvgIpc) is 2.91. The number of nitrogens with zero attached hydrogens (tertiary/aromatic N) is 4. The summed E-state index contributed by atoms with van der Waals surface area (Å²) in [4.78, 5) is 16.4. The molecular weight excluding hydrogens is 244 g/mol. The molecule has 6 heteroatoms. The maximum atomic E-state index is 12.5. The Labute approximate surface area is 113 Å². The molecule has 0 spiro atoms. The van der Waals surface area contributed by atoms with Crippen LogP contribution in [0.25, 0.3) is 0 Å². The van der Waals surface area contributed by atoms with Gasteiger partial charge in [0.25, 0.3) is 5.91 Å². The van der Waals surface area contributed by atoms with Crippen LogP contribution >= 0.6 is 0 Å². The van der Waals surface area contributed by atoms with Gasteiger partial charge in [-0.2, -0.15) is 5.10 Å². The molecule has 19 heavy (non-hydrogen) atoms. The smallest absolute Gasteiger partial charge is 0.257 e. The largest absolute Gasteiger partial charge is 0.396 e. The molecule has 0 unspecified atom stereocenters. The molecule has 1 amide bonds. The zero-order chi connectivity index (χ0) is 14.2. The van der Waals surface area contributed by atoms with Crippen molar-refractivity contribution in [1.29, 1.82) is 0 Å². The van der Waals surface area contributed by atoms with Gasteiger partial charge in [-0.05, 0) is 21.0 Å². The van der Waals surface area contributed by atoms with Crippen molar-refractivity contribution < 1.29 is 9.90 Å². The Bertz CT molecular complexity index is 469. The van der Waals surface area contributed by atoms with Gasteiger partial charge in [-0.25, -0.2) is 0 Å². The molecule has 1 saturated heterocycles. The van der Waals surface area contributed by atoms with Gasteiger partial charge in [0.1, 0.15) is 0 Å². The molecule has 0 bridgehead atoms. The molecule has 2 atom stereocenters. The number of carbonyl (C=O) groups is 1. The molecule has 6 nitrogen and oxygen atoms in total. The van der Waals surface area contributed by atoms with Gasteiger partial charge in [-0.15, -0.1) is 0 Å². The van der Waals surface area contributed by atoms with Gasteiger partial charge in [0.2, 0.25) is 0 Å². The van der Waals surface area contributed by atoms with Crippen molar-refractivity contribution in [3.8, 4) is 0 Å². The van der Waals surface area contributed by atoms with E-state index in [9.17, 15) is 9.90 Å². The number of amides is 1. The van der Waals surface area contributed by atoms with Gasteiger partial charge < -0.3 is 14.9 Å². The van der Waals surface area contributed by atoms with Crippen molar-refractivity contribution in [2.24, 2.45) is 13.0 Å². The number of hydrogen-bond donors (Lipinski definition) is 1. The van der Waals surface area contributed by atoms with E-state index in [1.54, 1.807) is 10.9 Å². The minimum Gasteiger partial charge on any atom is -0.396 e. The van der Waals surface area contributed by atoms with Crippen LogP contribution in [0.3, 0.4) is 0 Å².